The summed E-state index contributed by atoms with van der Waals surface area (Å²) in [5, 5.41) is 3.38. The molecular weight excluding hydrogens is 284 g/mol. The van der Waals surface area contributed by atoms with Crippen LogP contribution in [-0.2, 0) is 11.4 Å². The molecule has 0 aliphatic carbocycles. The maximum absolute atomic E-state index is 12.6. The highest BCUT2D eigenvalue weighted by atomic mass is 32.2. The topological polar surface area (TPSA) is 56.3 Å². The molecule has 0 bridgehead atoms. The summed E-state index contributed by atoms with van der Waals surface area (Å²) in [6.45, 7) is 7.86. The molecule has 2 aliphatic rings. The fraction of sp³-hybridized carbons (Fsp3) is 0.625. The molecule has 0 radical (unpaired) electrons. The first-order valence-corrected chi connectivity index (χ1v) is 8.74. The van der Waals surface area contributed by atoms with E-state index >= 15 is 0 Å². The van der Waals surface area contributed by atoms with E-state index in [9.17, 15) is 4.55 Å². The molecule has 0 unspecified atom stereocenters. The predicted molar refractivity (Wildman–Crippen MR) is 85.7 cm³/mol. The molecule has 2 atom stereocenters. The second kappa shape index (κ2) is 5.47. The van der Waals surface area contributed by atoms with Crippen LogP contribution in [0.4, 0.5) is 0 Å². The van der Waals surface area contributed by atoms with Crippen molar-refractivity contribution < 1.29 is 9.29 Å². The average Bonchev–Trinajstić information content (AvgIpc) is 2.72. The van der Waals surface area contributed by atoms with Gasteiger partial charge in [-0.05, 0) is 39.9 Å². The van der Waals surface area contributed by atoms with E-state index in [-0.39, 0.29) is 16.4 Å². The highest BCUT2D eigenvalue weighted by Crippen LogP contribution is 2.48. The normalized spacial score (nSPS) is 25.4. The molecular formula is C16H24N2O2S. The molecule has 1 saturated heterocycles. The third kappa shape index (κ3) is 2.80. The van der Waals surface area contributed by atoms with Crippen LogP contribution in [0.25, 0.3) is 0 Å². The number of para-hydroxylation sites is 1. The Morgan fingerprint density at radius 2 is 1.95 bits per heavy atom. The van der Waals surface area contributed by atoms with Crippen LogP contribution in [0.1, 0.15) is 45.2 Å². The number of fused-ring (bicyclic) bond motifs is 1. The summed E-state index contributed by atoms with van der Waals surface area (Å²) in [6.07, 6.45) is 1.86. The van der Waals surface area contributed by atoms with Crippen LogP contribution < -0.4 is 14.8 Å². The predicted octanol–water partition coefficient (Wildman–Crippen LogP) is 2.29. The van der Waals surface area contributed by atoms with Gasteiger partial charge in [-0.3, -0.25) is 0 Å². The molecule has 21 heavy (non-hydrogen) atoms. The van der Waals surface area contributed by atoms with E-state index in [4.69, 9.17) is 4.74 Å². The van der Waals surface area contributed by atoms with E-state index in [1.807, 2.05) is 39.0 Å². The van der Waals surface area contributed by atoms with Crippen LogP contribution in [-0.4, -0.2) is 28.0 Å². The second-order valence-corrected chi connectivity index (χ2v) is 8.88. The Balaban J connectivity index is 1.92. The van der Waals surface area contributed by atoms with Crippen LogP contribution in [0.5, 0.6) is 5.75 Å². The molecule has 2 aliphatic heterocycles. The largest absolute Gasteiger partial charge is 0.598 e. The number of hydrogen-bond donors (Lipinski definition) is 2. The van der Waals surface area contributed by atoms with Crippen molar-refractivity contribution in [1.82, 2.24) is 10.0 Å². The van der Waals surface area contributed by atoms with Crippen molar-refractivity contribution in [2.24, 2.45) is 0 Å². The molecule has 5 heteroatoms. The summed E-state index contributed by atoms with van der Waals surface area (Å²) in [5.74, 6) is 0.933. The van der Waals surface area contributed by atoms with E-state index in [0.29, 0.717) is 0 Å². The van der Waals surface area contributed by atoms with Gasteiger partial charge in [-0.25, -0.2) is 0 Å². The summed E-state index contributed by atoms with van der Waals surface area (Å²) in [7, 11) is 0. The molecule has 4 nitrogen and oxygen atoms in total. The summed E-state index contributed by atoms with van der Waals surface area (Å²) in [6, 6.07) is 8.12. The summed E-state index contributed by atoms with van der Waals surface area (Å²) in [4.78, 5) is 0. The van der Waals surface area contributed by atoms with Crippen LogP contribution in [0, 0.1) is 0 Å². The molecule has 116 valence electrons. The smallest absolute Gasteiger partial charge is 0.136 e. The first kappa shape index (κ1) is 15.2. The third-order valence-corrected chi connectivity index (χ3v) is 5.86. The van der Waals surface area contributed by atoms with Crippen LogP contribution in [0.2, 0.25) is 0 Å². The highest BCUT2D eigenvalue weighted by molar-refractivity contribution is 7.90. The van der Waals surface area contributed by atoms with Gasteiger partial charge in [0.25, 0.3) is 0 Å². The lowest BCUT2D eigenvalue weighted by molar-refractivity contribution is 0.0319. The minimum atomic E-state index is -1.11. The zero-order valence-corrected chi connectivity index (χ0v) is 13.8. The molecule has 1 fully saturated rings. The van der Waals surface area contributed by atoms with Gasteiger partial charge in [0.15, 0.2) is 0 Å². The van der Waals surface area contributed by atoms with E-state index in [2.05, 4.69) is 16.1 Å². The van der Waals surface area contributed by atoms with Gasteiger partial charge in [0.1, 0.15) is 22.1 Å². The Labute approximate surface area is 130 Å². The van der Waals surface area contributed by atoms with Gasteiger partial charge in [-0.2, -0.15) is 0 Å². The lowest BCUT2D eigenvalue weighted by Gasteiger charge is -2.39. The number of rotatable bonds is 2. The Kier molecular flexibility index (Phi) is 3.94. The number of benzene rings is 1. The fourth-order valence-corrected chi connectivity index (χ4v) is 3.98. The van der Waals surface area contributed by atoms with Gasteiger partial charge in [-0.1, -0.05) is 18.2 Å². The van der Waals surface area contributed by atoms with Crippen molar-refractivity contribution >= 4 is 11.4 Å². The molecule has 3 rings (SSSR count). The van der Waals surface area contributed by atoms with Crippen molar-refractivity contribution in [3.05, 3.63) is 29.8 Å². The van der Waals surface area contributed by atoms with Gasteiger partial charge in [-0.15, -0.1) is 4.72 Å². The molecule has 1 aromatic rings. The summed E-state index contributed by atoms with van der Waals surface area (Å²) in [5.41, 5.74) is 0.868. The van der Waals surface area contributed by atoms with Crippen LogP contribution >= 0.6 is 0 Å². The first-order chi connectivity index (χ1) is 9.92. The van der Waals surface area contributed by atoms with Gasteiger partial charge in [0.2, 0.25) is 0 Å². The molecule has 1 aromatic carbocycles. The van der Waals surface area contributed by atoms with Gasteiger partial charge in [0, 0.05) is 29.8 Å². The Hall–Kier alpha value is -0.750. The van der Waals surface area contributed by atoms with E-state index in [1.54, 1.807) is 0 Å². The van der Waals surface area contributed by atoms with Crippen molar-refractivity contribution in [2.75, 3.05) is 13.1 Å². The SMILES string of the molecule is CC(C)(C)[S@+]([O-])N[C@@H]1c2ccccc2OC12CCNCC2. The van der Waals surface area contributed by atoms with E-state index in [0.717, 1.165) is 37.2 Å². The molecule has 2 heterocycles. The maximum atomic E-state index is 12.6. The van der Waals surface area contributed by atoms with Crippen LogP contribution in [0.15, 0.2) is 24.3 Å². The number of ether oxygens (including phenoxy) is 1. The zero-order valence-electron chi connectivity index (χ0n) is 12.9. The zero-order chi connectivity index (χ0) is 15.1. The second-order valence-electron chi connectivity index (χ2n) is 6.89. The maximum Gasteiger partial charge on any atom is 0.136 e. The molecule has 1 spiro atoms. The quantitative estimate of drug-likeness (QED) is 0.823. The molecule has 0 aromatic heterocycles. The Bertz CT molecular complexity index is 509. The Morgan fingerprint density at radius 1 is 1.29 bits per heavy atom. The van der Waals surface area contributed by atoms with Crippen molar-refractivity contribution in [3.63, 3.8) is 0 Å². The van der Waals surface area contributed by atoms with Crippen molar-refractivity contribution in [3.8, 4) is 5.75 Å². The monoisotopic (exact) mass is 308 g/mol. The minimum Gasteiger partial charge on any atom is -0.598 e. The first-order valence-electron chi connectivity index (χ1n) is 7.59. The van der Waals surface area contributed by atoms with Gasteiger partial charge in [0.05, 0.1) is 0 Å². The Morgan fingerprint density at radius 3 is 2.62 bits per heavy atom. The van der Waals surface area contributed by atoms with Crippen molar-refractivity contribution in [2.45, 2.75) is 50.0 Å². The lowest BCUT2D eigenvalue weighted by atomic mass is 9.84. The molecule has 0 amide bonds. The minimum absolute atomic E-state index is 0.00383. The summed E-state index contributed by atoms with van der Waals surface area (Å²) < 4.78 is 22.0. The molecule has 0 saturated carbocycles. The van der Waals surface area contributed by atoms with E-state index in [1.165, 1.54) is 0 Å². The molecule has 2 N–H and O–H groups in total. The number of hydrogen-bond acceptors (Lipinski definition) is 4. The fourth-order valence-electron chi connectivity index (χ4n) is 3.07. The van der Waals surface area contributed by atoms with Gasteiger partial charge < -0.3 is 14.6 Å². The van der Waals surface area contributed by atoms with Crippen molar-refractivity contribution in [1.29, 1.82) is 0 Å². The lowest BCUT2D eigenvalue weighted by Crippen LogP contribution is -2.54. The number of nitrogens with one attached hydrogen (secondary N) is 2. The number of piperidine rings is 1. The highest BCUT2D eigenvalue weighted by Gasteiger charge is 2.51. The van der Waals surface area contributed by atoms with Gasteiger partial charge >= 0.3 is 0 Å². The standard InChI is InChI=1S/C16H24N2O2S/c1-15(2,3)21(19)18-14-12-6-4-5-7-13(12)20-16(14)8-10-17-11-9-16/h4-7,14,17-18H,8-11H2,1-3H3/t14-,21+/m1/s1. The van der Waals surface area contributed by atoms with Crippen LogP contribution in [0.3, 0.4) is 0 Å². The third-order valence-electron chi connectivity index (χ3n) is 4.30. The average molecular weight is 308 g/mol. The summed E-state index contributed by atoms with van der Waals surface area (Å²) >= 11 is -1.11. The van der Waals surface area contributed by atoms with E-state index < -0.39 is 11.4 Å².